The molecule has 0 aliphatic heterocycles. The zero-order valence-electron chi connectivity index (χ0n) is 12.0. The molecule has 1 amide bonds. The van der Waals surface area contributed by atoms with E-state index in [0.717, 1.165) is 22.8 Å². The topological polar surface area (TPSA) is 42.0 Å². The van der Waals surface area contributed by atoms with Crippen LogP contribution in [0.2, 0.25) is 0 Å². The van der Waals surface area contributed by atoms with E-state index in [9.17, 15) is 44.3 Å². The van der Waals surface area contributed by atoms with Gasteiger partial charge in [-0.25, -0.2) is 13.8 Å². The van der Waals surface area contributed by atoms with E-state index in [-0.39, 0.29) is 11.3 Å². The van der Waals surface area contributed by atoms with Crippen LogP contribution in [0.3, 0.4) is 0 Å². The molecule has 1 aromatic heterocycles. The summed E-state index contributed by atoms with van der Waals surface area (Å²) in [4.78, 5) is 14.6. The predicted molar refractivity (Wildman–Crippen MR) is 72.0 cm³/mol. The normalized spacial score (nSPS) is 13.0. The summed E-state index contributed by atoms with van der Waals surface area (Å²) in [7, 11) is 0. The predicted octanol–water partition coefficient (Wildman–Crippen LogP) is 4.86. The number of nitrogens with one attached hydrogen (secondary N) is 1. The molecule has 26 heavy (non-hydrogen) atoms. The van der Waals surface area contributed by atoms with Crippen LogP contribution in [0.4, 0.5) is 44.6 Å². The molecular weight excluding hydrogens is 403 g/mol. The molecule has 2 aromatic rings. The van der Waals surface area contributed by atoms with Crippen LogP contribution >= 0.6 is 11.3 Å². The Morgan fingerprint density at radius 1 is 1.04 bits per heavy atom. The van der Waals surface area contributed by atoms with Crippen molar-refractivity contribution >= 4 is 22.4 Å². The smallest absolute Gasteiger partial charge is 0.296 e. The summed E-state index contributed by atoms with van der Waals surface area (Å²) in [5.74, 6) is -17.7. The minimum atomic E-state index is -6.67. The quantitative estimate of drug-likeness (QED) is 0.735. The van der Waals surface area contributed by atoms with Crippen LogP contribution in [0.25, 0.3) is 11.3 Å². The number of rotatable bonds is 4. The second-order valence-electron chi connectivity index (χ2n) is 4.76. The third-order valence-electron chi connectivity index (χ3n) is 2.97. The molecule has 0 aliphatic rings. The van der Waals surface area contributed by atoms with Gasteiger partial charge in [0.2, 0.25) is 0 Å². The monoisotopic (exact) mass is 408 g/mol. The molecule has 3 nitrogen and oxygen atoms in total. The molecule has 0 spiro atoms. The Hall–Kier alpha value is -2.31. The highest BCUT2D eigenvalue weighted by Gasteiger charge is 2.76. The first-order chi connectivity index (χ1) is 11.8. The average Bonchev–Trinajstić information content (AvgIpc) is 2.93. The summed E-state index contributed by atoms with van der Waals surface area (Å²) >= 11 is 0.357. The van der Waals surface area contributed by atoms with E-state index in [0.29, 0.717) is 17.4 Å². The van der Waals surface area contributed by atoms with Crippen molar-refractivity contribution in [1.82, 2.24) is 4.98 Å². The Morgan fingerprint density at radius 3 is 2.19 bits per heavy atom. The number of amides is 1. The lowest BCUT2D eigenvalue weighted by Crippen LogP contribution is -2.57. The van der Waals surface area contributed by atoms with Crippen molar-refractivity contribution in [2.45, 2.75) is 18.0 Å². The lowest BCUT2D eigenvalue weighted by molar-refractivity contribution is -0.343. The molecule has 0 atom stereocenters. The maximum Gasteiger partial charge on any atom is 0.460 e. The van der Waals surface area contributed by atoms with E-state index < -0.39 is 40.7 Å². The highest BCUT2D eigenvalue weighted by molar-refractivity contribution is 7.14. The molecule has 0 unspecified atom stereocenters. The fourth-order valence-electron chi connectivity index (χ4n) is 1.65. The van der Waals surface area contributed by atoms with Crippen LogP contribution in [-0.2, 0) is 4.79 Å². The molecule has 1 aromatic carbocycles. The standard InChI is InChI=1S/C13H5F9N2OS/c14-5-1-2-6(7(15)3-5)8-4-26-10(23-8)24-9(25)11(16,17)12(18,19)13(20,21)22/h1-4H,(H,23,24,25). The van der Waals surface area contributed by atoms with Gasteiger partial charge in [-0.3, -0.25) is 10.1 Å². The number of nitrogens with zero attached hydrogens (tertiary/aromatic N) is 1. The van der Waals surface area contributed by atoms with Crippen molar-refractivity contribution in [1.29, 1.82) is 0 Å². The van der Waals surface area contributed by atoms with Gasteiger partial charge in [0.05, 0.1) is 5.69 Å². The lowest BCUT2D eigenvalue weighted by atomic mass is 10.1. The molecule has 142 valence electrons. The summed E-state index contributed by atoms with van der Waals surface area (Å²) in [5.41, 5.74) is -0.593. The van der Waals surface area contributed by atoms with Crippen LogP contribution in [0.15, 0.2) is 23.6 Å². The van der Waals surface area contributed by atoms with E-state index in [4.69, 9.17) is 0 Å². The Bertz CT molecular complexity index is 831. The molecule has 0 saturated heterocycles. The number of hydrogen-bond donors (Lipinski definition) is 1. The van der Waals surface area contributed by atoms with Crippen molar-refractivity contribution in [2.24, 2.45) is 0 Å². The molecule has 2 rings (SSSR count). The van der Waals surface area contributed by atoms with E-state index in [1.54, 1.807) is 0 Å². The number of aromatic nitrogens is 1. The minimum Gasteiger partial charge on any atom is -0.296 e. The maximum atomic E-state index is 13.6. The fraction of sp³-hybridized carbons (Fsp3) is 0.231. The highest BCUT2D eigenvalue weighted by Crippen LogP contribution is 2.47. The summed E-state index contributed by atoms with van der Waals surface area (Å²) in [6.07, 6.45) is -6.67. The van der Waals surface area contributed by atoms with Crippen LogP contribution in [-0.4, -0.2) is 28.9 Å². The van der Waals surface area contributed by atoms with Crippen LogP contribution < -0.4 is 5.32 Å². The van der Waals surface area contributed by atoms with Crippen molar-refractivity contribution in [3.05, 3.63) is 35.2 Å². The van der Waals surface area contributed by atoms with Gasteiger partial charge in [0.25, 0.3) is 0 Å². The number of hydrogen-bond acceptors (Lipinski definition) is 3. The van der Waals surface area contributed by atoms with Gasteiger partial charge in [0.1, 0.15) is 11.6 Å². The molecular formula is C13H5F9N2OS. The van der Waals surface area contributed by atoms with Crippen LogP contribution in [0.1, 0.15) is 0 Å². The molecule has 0 aliphatic carbocycles. The minimum absolute atomic E-state index is 0.284. The number of halogens is 9. The zero-order chi connectivity index (χ0) is 19.9. The Kier molecular flexibility index (Phi) is 4.96. The first-order valence-corrected chi connectivity index (χ1v) is 7.20. The van der Waals surface area contributed by atoms with Gasteiger partial charge in [0, 0.05) is 17.0 Å². The summed E-state index contributed by atoms with van der Waals surface area (Å²) in [6, 6.07) is 2.25. The molecule has 0 radical (unpaired) electrons. The summed E-state index contributed by atoms with van der Waals surface area (Å²) in [6.45, 7) is 0. The van der Waals surface area contributed by atoms with E-state index in [1.165, 1.54) is 0 Å². The van der Waals surface area contributed by atoms with Gasteiger partial charge in [-0.05, 0) is 12.1 Å². The molecule has 0 fully saturated rings. The fourth-order valence-corrected chi connectivity index (χ4v) is 2.35. The molecule has 13 heteroatoms. The molecule has 1 heterocycles. The van der Waals surface area contributed by atoms with Gasteiger partial charge in [-0.1, -0.05) is 0 Å². The third-order valence-corrected chi connectivity index (χ3v) is 3.72. The number of benzene rings is 1. The van der Waals surface area contributed by atoms with Crippen molar-refractivity contribution in [3.8, 4) is 11.3 Å². The van der Waals surface area contributed by atoms with Gasteiger partial charge in [-0.15, -0.1) is 11.3 Å². The van der Waals surface area contributed by atoms with Crippen molar-refractivity contribution in [2.75, 3.05) is 5.32 Å². The molecule has 1 N–H and O–H groups in total. The average molecular weight is 408 g/mol. The van der Waals surface area contributed by atoms with E-state index >= 15 is 0 Å². The maximum absolute atomic E-state index is 13.6. The van der Waals surface area contributed by atoms with E-state index in [2.05, 4.69) is 4.98 Å². The Morgan fingerprint density at radius 2 is 1.65 bits per heavy atom. The number of anilines is 1. The zero-order valence-corrected chi connectivity index (χ0v) is 12.8. The second-order valence-corrected chi connectivity index (χ2v) is 5.62. The Balaban J connectivity index is 2.24. The Labute approximate surface area is 142 Å². The third kappa shape index (κ3) is 3.48. The number of thiazole rings is 1. The first kappa shape index (κ1) is 20.0. The van der Waals surface area contributed by atoms with Gasteiger partial charge >= 0.3 is 23.9 Å². The molecule has 0 saturated carbocycles. The van der Waals surface area contributed by atoms with E-state index in [1.807, 2.05) is 0 Å². The van der Waals surface area contributed by atoms with Crippen LogP contribution in [0, 0.1) is 11.6 Å². The lowest BCUT2D eigenvalue weighted by Gasteiger charge is -2.26. The number of alkyl halides is 7. The summed E-state index contributed by atoms with van der Waals surface area (Å²) in [5, 5.41) is 1.33. The number of carbonyl (C=O) groups is 1. The second kappa shape index (κ2) is 6.45. The van der Waals surface area contributed by atoms with Gasteiger partial charge < -0.3 is 0 Å². The SMILES string of the molecule is O=C(Nc1nc(-c2ccc(F)cc2F)cs1)C(F)(F)C(F)(F)C(F)(F)F. The summed E-state index contributed by atoms with van der Waals surface area (Å²) < 4.78 is 114. The largest absolute Gasteiger partial charge is 0.460 e. The van der Waals surface area contributed by atoms with Gasteiger partial charge in [-0.2, -0.15) is 30.7 Å². The van der Waals surface area contributed by atoms with Gasteiger partial charge in [0.15, 0.2) is 5.13 Å². The number of carbonyl (C=O) groups excluding carboxylic acids is 1. The highest BCUT2D eigenvalue weighted by atomic mass is 32.1. The van der Waals surface area contributed by atoms with Crippen LogP contribution in [0.5, 0.6) is 0 Å². The first-order valence-electron chi connectivity index (χ1n) is 6.32. The van der Waals surface area contributed by atoms with Crippen molar-refractivity contribution in [3.63, 3.8) is 0 Å². The molecule has 0 bridgehead atoms. The van der Waals surface area contributed by atoms with Crippen molar-refractivity contribution < 1.29 is 44.3 Å².